The van der Waals surface area contributed by atoms with E-state index in [2.05, 4.69) is 0 Å². The molecule has 0 spiro atoms. The summed E-state index contributed by atoms with van der Waals surface area (Å²) >= 11 is 0. The van der Waals surface area contributed by atoms with E-state index in [-0.39, 0.29) is 11.8 Å². The number of carbonyl (C=O) groups excluding carboxylic acids is 2. The second-order valence-electron chi connectivity index (χ2n) is 4.39. The summed E-state index contributed by atoms with van der Waals surface area (Å²) in [4.78, 5) is 22.7. The van der Waals surface area contributed by atoms with Gasteiger partial charge < -0.3 is 0 Å². The minimum atomic E-state index is 0.171. The Morgan fingerprint density at radius 2 is 1.25 bits per heavy atom. The minimum Gasteiger partial charge on any atom is -0.299 e. The molecule has 3 aliphatic rings. The molecule has 2 heteroatoms. The highest BCUT2D eigenvalue weighted by atomic mass is 16.1. The molecule has 0 amide bonds. The molecular weight excluding hydrogens is 152 g/mol. The number of Topliss-reactive ketones (excluding diaryl/α,β-unsaturated/α-hetero) is 2. The highest BCUT2D eigenvalue weighted by molar-refractivity contribution is 5.95. The molecular formula is C10H12O2. The van der Waals surface area contributed by atoms with Gasteiger partial charge in [0.15, 0.2) is 0 Å². The summed E-state index contributed by atoms with van der Waals surface area (Å²) in [5, 5.41) is 0. The van der Waals surface area contributed by atoms with Crippen LogP contribution in [0.4, 0.5) is 0 Å². The lowest BCUT2D eigenvalue weighted by molar-refractivity contribution is -0.139. The Hall–Kier alpha value is -0.660. The first kappa shape index (κ1) is 6.81. The van der Waals surface area contributed by atoms with Crippen molar-refractivity contribution in [1.29, 1.82) is 0 Å². The molecule has 0 N–H and O–H groups in total. The van der Waals surface area contributed by atoms with E-state index >= 15 is 0 Å². The Morgan fingerprint density at radius 1 is 0.833 bits per heavy atom. The van der Waals surface area contributed by atoms with Crippen LogP contribution in [0, 0.1) is 23.7 Å². The molecule has 2 nitrogen and oxygen atoms in total. The lowest BCUT2D eigenvalue weighted by Gasteiger charge is -2.42. The van der Waals surface area contributed by atoms with E-state index in [1.54, 1.807) is 0 Å². The van der Waals surface area contributed by atoms with Crippen LogP contribution < -0.4 is 0 Å². The molecule has 0 radical (unpaired) electrons. The van der Waals surface area contributed by atoms with Gasteiger partial charge in [0.1, 0.15) is 11.6 Å². The highest BCUT2D eigenvalue weighted by Crippen LogP contribution is 2.59. The molecule has 3 saturated carbocycles. The summed E-state index contributed by atoms with van der Waals surface area (Å²) in [6.07, 6.45) is 3.63. The number of hydrogen-bond donors (Lipinski definition) is 0. The number of ketones is 2. The van der Waals surface area contributed by atoms with Crippen molar-refractivity contribution >= 4 is 11.6 Å². The van der Waals surface area contributed by atoms with Gasteiger partial charge in [-0.2, -0.15) is 0 Å². The predicted molar refractivity (Wildman–Crippen MR) is 42.4 cm³/mol. The average Bonchev–Trinajstić information content (AvgIpc) is 2.41. The number of hydrogen-bond acceptors (Lipinski definition) is 2. The molecule has 0 aromatic heterocycles. The van der Waals surface area contributed by atoms with E-state index < -0.39 is 0 Å². The van der Waals surface area contributed by atoms with Crippen LogP contribution >= 0.6 is 0 Å². The molecule has 0 aliphatic heterocycles. The quantitative estimate of drug-likeness (QED) is 0.539. The van der Waals surface area contributed by atoms with Gasteiger partial charge in [-0.1, -0.05) is 0 Å². The zero-order valence-corrected chi connectivity index (χ0v) is 6.95. The Bertz CT molecular complexity index is 241. The predicted octanol–water partition coefficient (Wildman–Crippen LogP) is 1.19. The van der Waals surface area contributed by atoms with Gasteiger partial charge in [0.2, 0.25) is 0 Å². The third-order valence-corrected chi connectivity index (χ3v) is 4.05. The zero-order valence-electron chi connectivity index (χ0n) is 6.95. The molecule has 0 aromatic carbocycles. The topological polar surface area (TPSA) is 34.1 Å². The summed E-state index contributed by atoms with van der Waals surface area (Å²) in [5.41, 5.74) is 0. The zero-order chi connectivity index (χ0) is 8.29. The Labute approximate surface area is 71.3 Å². The van der Waals surface area contributed by atoms with E-state index in [4.69, 9.17) is 0 Å². The van der Waals surface area contributed by atoms with E-state index in [1.165, 1.54) is 0 Å². The van der Waals surface area contributed by atoms with Gasteiger partial charge in [0.25, 0.3) is 0 Å². The summed E-state index contributed by atoms with van der Waals surface area (Å²) in [6.45, 7) is 0. The Kier molecular flexibility index (Phi) is 1.12. The summed E-state index contributed by atoms with van der Waals surface area (Å²) < 4.78 is 0. The molecule has 0 bridgehead atoms. The molecule has 0 unspecified atom stereocenters. The summed E-state index contributed by atoms with van der Waals surface area (Å²) in [7, 11) is 0. The van der Waals surface area contributed by atoms with Crippen molar-refractivity contribution in [2.45, 2.75) is 25.7 Å². The van der Waals surface area contributed by atoms with E-state index in [0.717, 1.165) is 25.7 Å². The van der Waals surface area contributed by atoms with Crippen molar-refractivity contribution in [1.82, 2.24) is 0 Å². The van der Waals surface area contributed by atoms with Crippen LogP contribution in [0.1, 0.15) is 25.7 Å². The van der Waals surface area contributed by atoms with Crippen LogP contribution in [-0.2, 0) is 9.59 Å². The van der Waals surface area contributed by atoms with E-state index in [1.807, 2.05) is 0 Å². The lowest BCUT2D eigenvalue weighted by atomic mass is 9.59. The van der Waals surface area contributed by atoms with Crippen molar-refractivity contribution in [3.63, 3.8) is 0 Å². The monoisotopic (exact) mass is 164 g/mol. The van der Waals surface area contributed by atoms with Gasteiger partial charge in [-0.15, -0.1) is 0 Å². The minimum absolute atomic E-state index is 0.171. The first-order chi connectivity index (χ1) is 5.79. The summed E-state index contributed by atoms with van der Waals surface area (Å²) in [6, 6.07) is 0. The first-order valence-corrected chi connectivity index (χ1v) is 4.84. The van der Waals surface area contributed by atoms with Crippen LogP contribution in [-0.4, -0.2) is 11.6 Å². The highest BCUT2D eigenvalue weighted by Gasteiger charge is 2.61. The normalized spacial score (nSPS) is 50.3. The van der Waals surface area contributed by atoms with Crippen LogP contribution in [0.5, 0.6) is 0 Å². The van der Waals surface area contributed by atoms with Crippen molar-refractivity contribution in [2.75, 3.05) is 0 Å². The molecule has 4 atom stereocenters. The van der Waals surface area contributed by atoms with Gasteiger partial charge in [0, 0.05) is 24.7 Å². The van der Waals surface area contributed by atoms with Crippen molar-refractivity contribution in [2.24, 2.45) is 23.7 Å². The standard InChI is InChI=1S/C10H12O2/c11-7-3-1-5-6-2-4-8(12)10(6)9(5)7/h5-6,9-10H,1-4H2/t5-,6+,9-,10-/m1/s1. The van der Waals surface area contributed by atoms with Gasteiger partial charge in [-0.05, 0) is 24.7 Å². The second kappa shape index (κ2) is 1.98. The van der Waals surface area contributed by atoms with E-state index in [0.29, 0.717) is 23.4 Å². The van der Waals surface area contributed by atoms with E-state index in [9.17, 15) is 9.59 Å². The Balaban J connectivity index is 1.93. The molecule has 12 heavy (non-hydrogen) atoms. The average molecular weight is 164 g/mol. The second-order valence-corrected chi connectivity index (χ2v) is 4.39. The smallest absolute Gasteiger partial charge is 0.137 e. The molecule has 0 aromatic rings. The molecule has 3 fully saturated rings. The maximum atomic E-state index is 11.4. The van der Waals surface area contributed by atoms with Crippen molar-refractivity contribution in [3.05, 3.63) is 0 Å². The maximum Gasteiger partial charge on any atom is 0.137 e. The molecule has 0 saturated heterocycles. The van der Waals surface area contributed by atoms with Crippen LogP contribution in [0.2, 0.25) is 0 Å². The fourth-order valence-corrected chi connectivity index (χ4v) is 3.54. The van der Waals surface area contributed by atoms with Gasteiger partial charge in [0.05, 0.1) is 0 Å². The molecule has 3 aliphatic carbocycles. The van der Waals surface area contributed by atoms with Crippen molar-refractivity contribution < 1.29 is 9.59 Å². The number of rotatable bonds is 0. The number of carbonyl (C=O) groups is 2. The molecule has 3 rings (SSSR count). The van der Waals surface area contributed by atoms with Crippen LogP contribution in [0.3, 0.4) is 0 Å². The largest absolute Gasteiger partial charge is 0.299 e. The summed E-state index contributed by atoms with van der Waals surface area (Å²) in [5.74, 6) is 2.30. The van der Waals surface area contributed by atoms with Gasteiger partial charge in [-0.3, -0.25) is 9.59 Å². The Morgan fingerprint density at radius 3 is 1.67 bits per heavy atom. The third-order valence-electron chi connectivity index (χ3n) is 4.05. The third kappa shape index (κ3) is 0.584. The van der Waals surface area contributed by atoms with Crippen molar-refractivity contribution in [3.8, 4) is 0 Å². The van der Waals surface area contributed by atoms with Crippen LogP contribution in [0.25, 0.3) is 0 Å². The fourth-order valence-electron chi connectivity index (χ4n) is 3.54. The fraction of sp³-hybridized carbons (Fsp3) is 0.800. The number of fused-ring (bicyclic) bond motifs is 4. The lowest BCUT2D eigenvalue weighted by Crippen LogP contribution is -2.46. The van der Waals surface area contributed by atoms with Gasteiger partial charge in [-0.25, -0.2) is 0 Å². The maximum absolute atomic E-state index is 11.4. The first-order valence-electron chi connectivity index (χ1n) is 4.84. The SMILES string of the molecule is O=C1CC[C@@H]2[C@@H]3CCC(=O)[C@@H]3[C@@H]12. The molecule has 0 heterocycles. The molecule has 64 valence electrons. The van der Waals surface area contributed by atoms with Gasteiger partial charge >= 0.3 is 0 Å². The van der Waals surface area contributed by atoms with Crippen LogP contribution in [0.15, 0.2) is 0 Å².